The zero-order chi connectivity index (χ0) is 14.1. The SMILES string of the molecule is CCN(C(C)C)S(=O)(=O)c1c(C)ccc(N)c1C. The van der Waals surface area contributed by atoms with Gasteiger partial charge in [0.2, 0.25) is 10.0 Å². The van der Waals surface area contributed by atoms with Crippen molar-refractivity contribution in [2.24, 2.45) is 0 Å². The zero-order valence-electron chi connectivity index (χ0n) is 11.7. The lowest BCUT2D eigenvalue weighted by Crippen LogP contribution is -2.37. The first-order valence-electron chi connectivity index (χ1n) is 6.11. The molecular weight excluding hydrogens is 248 g/mol. The highest BCUT2D eigenvalue weighted by atomic mass is 32.2. The van der Waals surface area contributed by atoms with E-state index in [2.05, 4.69) is 0 Å². The summed E-state index contributed by atoms with van der Waals surface area (Å²) in [5.41, 5.74) is 7.70. The van der Waals surface area contributed by atoms with Gasteiger partial charge in [-0.1, -0.05) is 13.0 Å². The van der Waals surface area contributed by atoms with E-state index in [4.69, 9.17) is 5.73 Å². The molecule has 0 aromatic heterocycles. The number of nitrogens with two attached hydrogens (primary N) is 1. The molecule has 2 N–H and O–H groups in total. The first-order chi connectivity index (χ1) is 8.23. The molecule has 0 unspecified atom stereocenters. The Balaban J connectivity index is 3.51. The molecule has 0 saturated heterocycles. The van der Waals surface area contributed by atoms with Crippen LogP contribution in [0.15, 0.2) is 17.0 Å². The van der Waals surface area contributed by atoms with Crippen molar-refractivity contribution >= 4 is 15.7 Å². The number of aryl methyl sites for hydroxylation is 1. The van der Waals surface area contributed by atoms with Crippen LogP contribution in [0.4, 0.5) is 5.69 Å². The van der Waals surface area contributed by atoms with Gasteiger partial charge in [0.25, 0.3) is 0 Å². The number of rotatable bonds is 4. The van der Waals surface area contributed by atoms with Gasteiger partial charge in [-0.05, 0) is 44.9 Å². The molecule has 0 atom stereocenters. The van der Waals surface area contributed by atoms with Gasteiger partial charge in [-0.2, -0.15) is 4.31 Å². The Morgan fingerprint density at radius 1 is 1.28 bits per heavy atom. The van der Waals surface area contributed by atoms with E-state index in [0.717, 1.165) is 5.56 Å². The predicted octanol–water partition coefficient (Wildman–Crippen LogP) is 2.30. The minimum atomic E-state index is -3.48. The smallest absolute Gasteiger partial charge is 0.243 e. The number of nitrogen functional groups attached to an aromatic ring is 1. The van der Waals surface area contributed by atoms with Crippen molar-refractivity contribution in [2.45, 2.75) is 45.6 Å². The van der Waals surface area contributed by atoms with Gasteiger partial charge in [0.15, 0.2) is 0 Å². The van der Waals surface area contributed by atoms with Gasteiger partial charge < -0.3 is 5.73 Å². The Morgan fingerprint density at radius 2 is 1.83 bits per heavy atom. The maximum Gasteiger partial charge on any atom is 0.243 e. The third-order valence-electron chi connectivity index (χ3n) is 3.10. The van der Waals surface area contributed by atoms with Gasteiger partial charge in [0.05, 0.1) is 4.90 Å². The van der Waals surface area contributed by atoms with Crippen molar-refractivity contribution in [1.29, 1.82) is 0 Å². The van der Waals surface area contributed by atoms with Crippen LogP contribution in [-0.4, -0.2) is 25.3 Å². The molecular formula is C13H22N2O2S. The molecule has 1 aromatic carbocycles. The molecule has 0 fully saturated rings. The molecule has 0 heterocycles. The normalized spacial score (nSPS) is 12.4. The average molecular weight is 270 g/mol. The minimum absolute atomic E-state index is 0.0692. The lowest BCUT2D eigenvalue weighted by atomic mass is 10.1. The molecule has 0 amide bonds. The van der Waals surface area contributed by atoms with Crippen LogP contribution in [-0.2, 0) is 10.0 Å². The standard InChI is InChI=1S/C13H22N2O2S/c1-6-15(9(2)3)18(16,17)13-10(4)7-8-12(14)11(13)5/h7-9H,6,14H2,1-5H3. The molecule has 0 bridgehead atoms. The lowest BCUT2D eigenvalue weighted by molar-refractivity contribution is 0.368. The summed E-state index contributed by atoms with van der Waals surface area (Å²) in [5, 5.41) is 0. The van der Waals surface area contributed by atoms with E-state index in [9.17, 15) is 8.42 Å². The van der Waals surface area contributed by atoms with Crippen LogP contribution in [0.5, 0.6) is 0 Å². The van der Waals surface area contributed by atoms with Gasteiger partial charge in [-0.3, -0.25) is 0 Å². The molecule has 1 aromatic rings. The van der Waals surface area contributed by atoms with Gasteiger partial charge in [-0.25, -0.2) is 8.42 Å². The molecule has 0 aliphatic rings. The highest BCUT2D eigenvalue weighted by molar-refractivity contribution is 7.89. The topological polar surface area (TPSA) is 63.4 Å². The maximum atomic E-state index is 12.7. The predicted molar refractivity (Wildman–Crippen MR) is 75.0 cm³/mol. The average Bonchev–Trinajstić information content (AvgIpc) is 2.23. The third-order valence-corrected chi connectivity index (χ3v) is 5.54. The molecule has 5 heteroatoms. The van der Waals surface area contributed by atoms with E-state index in [1.807, 2.05) is 20.8 Å². The molecule has 1 rings (SSSR count). The summed E-state index contributed by atoms with van der Waals surface area (Å²) in [6.07, 6.45) is 0. The molecule has 4 nitrogen and oxygen atoms in total. The molecule has 18 heavy (non-hydrogen) atoms. The van der Waals surface area contributed by atoms with Crippen LogP contribution < -0.4 is 5.73 Å². The Kier molecular flexibility index (Phi) is 4.40. The summed E-state index contributed by atoms with van der Waals surface area (Å²) in [7, 11) is -3.48. The number of anilines is 1. The Morgan fingerprint density at radius 3 is 2.28 bits per heavy atom. The van der Waals surface area contributed by atoms with Crippen LogP contribution in [0.2, 0.25) is 0 Å². The van der Waals surface area contributed by atoms with Crippen molar-refractivity contribution in [2.75, 3.05) is 12.3 Å². The highest BCUT2D eigenvalue weighted by Crippen LogP contribution is 2.28. The first kappa shape index (κ1) is 15.0. The number of benzene rings is 1. The van der Waals surface area contributed by atoms with Crippen LogP contribution in [0.25, 0.3) is 0 Å². The number of hydrogen-bond donors (Lipinski definition) is 1. The van der Waals surface area contributed by atoms with Crippen molar-refractivity contribution in [3.05, 3.63) is 23.3 Å². The Hall–Kier alpha value is -1.07. The molecule has 0 spiro atoms. The summed E-state index contributed by atoms with van der Waals surface area (Å²) in [6, 6.07) is 3.43. The second kappa shape index (κ2) is 5.28. The highest BCUT2D eigenvalue weighted by Gasteiger charge is 2.29. The van der Waals surface area contributed by atoms with Gasteiger partial charge in [-0.15, -0.1) is 0 Å². The van der Waals surface area contributed by atoms with E-state index < -0.39 is 10.0 Å². The van der Waals surface area contributed by atoms with Crippen molar-refractivity contribution < 1.29 is 8.42 Å². The molecule has 0 aliphatic carbocycles. The van der Waals surface area contributed by atoms with E-state index in [-0.39, 0.29) is 6.04 Å². The van der Waals surface area contributed by atoms with Gasteiger partial charge in [0.1, 0.15) is 0 Å². The Labute approximate surface area is 110 Å². The van der Waals surface area contributed by atoms with Gasteiger partial charge >= 0.3 is 0 Å². The van der Waals surface area contributed by atoms with E-state index in [1.54, 1.807) is 26.0 Å². The monoisotopic (exact) mass is 270 g/mol. The second-order valence-electron chi connectivity index (χ2n) is 4.73. The fraction of sp³-hybridized carbons (Fsp3) is 0.538. The number of sulfonamides is 1. The summed E-state index contributed by atoms with van der Waals surface area (Å²) in [5.74, 6) is 0. The van der Waals surface area contributed by atoms with E-state index in [0.29, 0.717) is 22.7 Å². The molecule has 102 valence electrons. The van der Waals surface area contributed by atoms with Gasteiger partial charge in [0, 0.05) is 18.3 Å². The summed E-state index contributed by atoms with van der Waals surface area (Å²) in [6.45, 7) is 9.59. The van der Waals surface area contributed by atoms with Crippen LogP contribution in [0.3, 0.4) is 0 Å². The van der Waals surface area contributed by atoms with Crippen LogP contribution >= 0.6 is 0 Å². The van der Waals surface area contributed by atoms with Crippen molar-refractivity contribution in [1.82, 2.24) is 4.31 Å². The fourth-order valence-corrected chi connectivity index (χ4v) is 4.28. The van der Waals surface area contributed by atoms with E-state index >= 15 is 0 Å². The van der Waals surface area contributed by atoms with Crippen LogP contribution in [0.1, 0.15) is 31.9 Å². The molecule has 0 aliphatic heterocycles. The number of hydrogen-bond acceptors (Lipinski definition) is 3. The van der Waals surface area contributed by atoms with E-state index in [1.165, 1.54) is 4.31 Å². The fourth-order valence-electron chi connectivity index (χ4n) is 2.17. The molecule has 0 saturated carbocycles. The largest absolute Gasteiger partial charge is 0.398 e. The Bertz CT molecular complexity index is 536. The molecule has 0 radical (unpaired) electrons. The van der Waals surface area contributed by atoms with Crippen LogP contribution in [0, 0.1) is 13.8 Å². The summed E-state index contributed by atoms with van der Waals surface area (Å²) in [4.78, 5) is 0.345. The maximum absolute atomic E-state index is 12.7. The quantitative estimate of drug-likeness (QED) is 0.854. The minimum Gasteiger partial charge on any atom is -0.398 e. The summed E-state index contributed by atoms with van der Waals surface area (Å²) >= 11 is 0. The van der Waals surface area contributed by atoms with Crippen molar-refractivity contribution in [3.8, 4) is 0 Å². The second-order valence-corrected chi connectivity index (χ2v) is 6.56. The zero-order valence-corrected chi connectivity index (χ0v) is 12.5. The lowest BCUT2D eigenvalue weighted by Gasteiger charge is -2.26. The number of nitrogens with zero attached hydrogens (tertiary/aromatic N) is 1. The van der Waals surface area contributed by atoms with Crippen molar-refractivity contribution in [3.63, 3.8) is 0 Å². The third kappa shape index (κ3) is 2.52. The first-order valence-corrected chi connectivity index (χ1v) is 7.55. The summed E-state index contributed by atoms with van der Waals surface area (Å²) < 4.78 is 26.8.